The molecule has 7 heteroatoms. The first-order valence-corrected chi connectivity index (χ1v) is 8.99. The quantitative estimate of drug-likeness (QED) is 0.555. The fourth-order valence-electron chi connectivity index (χ4n) is 2.96. The van der Waals surface area contributed by atoms with Crippen LogP contribution in [0.5, 0.6) is 0 Å². The highest BCUT2D eigenvalue weighted by Crippen LogP contribution is 2.16. The Labute approximate surface area is 160 Å². The van der Waals surface area contributed by atoms with Crippen molar-refractivity contribution in [1.29, 1.82) is 0 Å². The van der Waals surface area contributed by atoms with E-state index < -0.39 is 0 Å². The van der Waals surface area contributed by atoms with Crippen LogP contribution in [0.4, 0.5) is 5.95 Å². The summed E-state index contributed by atoms with van der Waals surface area (Å²) in [6.07, 6.45) is 0.531. The van der Waals surface area contributed by atoms with Crippen molar-refractivity contribution in [3.8, 4) is 0 Å². The van der Waals surface area contributed by atoms with E-state index in [-0.39, 0.29) is 5.56 Å². The number of fused-ring (bicyclic) bond motifs is 1. The van der Waals surface area contributed by atoms with Crippen molar-refractivity contribution in [3.05, 3.63) is 92.4 Å². The highest BCUT2D eigenvalue weighted by atomic mass is 35.5. The summed E-state index contributed by atoms with van der Waals surface area (Å²) in [5.41, 5.74) is 3.21. The van der Waals surface area contributed by atoms with Crippen molar-refractivity contribution >= 4 is 23.3 Å². The fraction of sp³-hybridized carbons (Fsp3) is 0.150. The van der Waals surface area contributed by atoms with Crippen molar-refractivity contribution in [2.45, 2.75) is 19.9 Å². The summed E-state index contributed by atoms with van der Waals surface area (Å²) >= 11 is 6.17. The molecule has 2 aromatic heterocycles. The first kappa shape index (κ1) is 17.3. The molecule has 4 rings (SSSR count). The maximum atomic E-state index is 12.9. The second kappa shape index (κ2) is 7.25. The number of H-pyrrole nitrogens is 1. The van der Waals surface area contributed by atoms with Gasteiger partial charge in [0.05, 0.1) is 5.69 Å². The lowest BCUT2D eigenvalue weighted by Gasteiger charge is -2.05. The first-order chi connectivity index (χ1) is 13.1. The van der Waals surface area contributed by atoms with Gasteiger partial charge in [-0.2, -0.15) is 9.50 Å². The number of benzene rings is 2. The van der Waals surface area contributed by atoms with E-state index in [4.69, 9.17) is 11.6 Å². The fourth-order valence-corrected chi connectivity index (χ4v) is 3.16. The van der Waals surface area contributed by atoms with Gasteiger partial charge in [-0.15, -0.1) is 0 Å². The molecule has 136 valence electrons. The van der Waals surface area contributed by atoms with Crippen molar-refractivity contribution < 1.29 is 0 Å². The number of aromatic amines is 1. The van der Waals surface area contributed by atoms with Crippen molar-refractivity contribution in [2.24, 2.45) is 0 Å². The van der Waals surface area contributed by atoms with Crippen molar-refractivity contribution in [2.75, 3.05) is 5.32 Å². The number of rotatable bonds is 5. The number of nitrogens with zero attached hydrogens (tertiary/aromatic N) is 3. The Morgan fingerprint density at radius 3 is 2.59 bits per heavy atom. The van der Waals surface area contributed by atoms with E-state index in [2.05, 4.69) is 20.4 Å². The lowest BCUT2D eigenvalue weighted by molar-refractivity contribution is 0.857. The molecule has 0 aliphatic carbocycles. The molecule has 0 unspecified atom stereocenters. The minimum absolute atomic E-state index is 0.139. The normalized spacial score (nSPS) is 11.0. The number of hydrogen-bond donors (Lipinski definition) is 2. The van der Waals surface area contributed by atoms with Crippen LogP contribution in [-0.2, 0) is 13.0 Å². The summed E-state index contributed by atoms with van der Waals surface area (Å²) < 4.78 is 1.38. The van der Waals surface area contributed by atoms with Crippen LogP contribution in [0, 0.1) is 6.92 Å². The lowest BCUT2D eigenvalue weighted by Crippen LogP contribution is -2.22. The summed E-state index contributed by atoms with van der Waals surface area (Å²) in [6.45, 7) is 2.33. The lowest BCUT2D eigenvalue weighted by atomic mass is 10.1. The molecule has 2 heterocycles. The van der Waals surface area contributed by atoms with E-state index in [1.807, 2.05) is 61.5 Å². The second-order valence-corrected chi connectivity index (χ2v) is 6.70. The Morgan fingerprint density at radius 1 is 1.07 bits per heavy atom. The topological polar surface area (TPSA) is 75.1 Å². The summed E-state index contributed by atoms with van der Waals surface area (Å²) in [7, 11) is 0. The van der Waals surface area contributed by atoms with Crippen molar-refractivity contribution in [1.82, 2.24) is 19.6 Å². The summed E-state index contributed by atoms with van der Waals surface area (Å²) in [5, 5.41) is 6.82. The molecule has 0 fully saturated rings. The zero-order valence-corrected chi connectivity index (χ0v) is 15.5. The molecule has 0 radical (unpaired) electrons. The van der Waals surface area contributed by atoms with Crippen LogP contribution in [0.1, 0.15) is 22.4 Å². The third-order valence-corrected chi connectivity index (χ3v) is 4.79. The first-order valence-electron chi connectivity index (χ1n) is 8.61. The Balaban J connectivity index is 1.63. The van der Waals surface area contributed by atoms with Gasteiger partial charge in [0, 0.05) is 23.6 Å². The van der Waals surface area contributed by atoms with E-state index >= 15 is 0 Å². The van der Waals surface area contributed by atoms with Crippen LogP contribution in [0.25, 0.3) is 5.78 Å². The van der Waals surface area contributed by atoms with Gasteiger partial charge < -0.3 is 5.32 Å². The van der Waals surface area contributed by atoms with Gasteiger partial charge in [-0.05, 0) is 24.1 Å². The molecule has 0 spiro atoms. The highest BCUT2D eigenvalue weighted by molar-refractivity contribution is 6.31. The second-order valence-electron chi connectivity index (χ2n) is 6.30. The van der Waals surface area contributed by atoms with Crippen LogP contribution < -0.4 is 10.9 Å². The molecule has 0 aliphatic heterocycles. The van der Waals surface area contributed by atoms with Gasteiger partial charge in [-0.25, -0.2) is 4.98 Å². The van der Waals surface area contributed by atoms with Crippen LogP contribution >= 0.6 is 11.6 Å². The molecular formula is C20H18ClN5O. The third-order valence-electron chi connectivity index (χ3n) is 4.42. The zero-order valence-electron chi connectivity index (χ0n) is 14.7. The van der Waals surface area contributed by atoms with Gasteiger partial charge in [-0.3, -0.25) is 9.89 Å². The van der Waals surface area contributed by atoms with Gasteiger partial charge in [0.1, 0.15) is 0 Å². The molecule has 0 amide bonds. The van der Waals surface area contributed by atoms with Gasteiger partial charge in [0.2, 0.25) is 5.95 Å². The standard InChI is InChI=1S/C20H18ClN5O/c1-13-16(11-14-7-3-2-4-8-14)18(27)26-20(23-13)24-19(25-26)22-12-15-9-5-6-10-17(15)21/h2-10H,11-12H2,1H3,(H2,22,23,24,25). The van der Waals surface area contributed by atoms with Crippen LogP contribution in [-0.4, -0.2) is 19.6 Å². The molecule has 2 aromatic carbocycles. The monoisotopic (exact) mass is 379 g/mol. The van der Waals surface area contributed by atoms with Gasteiger partial charge >= 0.3 is 0 Å². The van der Waals surface area contributed by atoms with E-state index in [9.17, 15) is 4.79 Å². The molecule has 0 atom stereocenters. The molecule has 6 nitrogen and oxygen atoms in total. The van der Waals surface area contributed by atoms with Crippen LogP contribution in [0.3, 0.4) is 0 Å². The molecule has 4 aromatic rings. The molecule has 27 heavy (non-hydrogen) atoms. The van der Waals surface area contributed by atoms with Gasteiger partial charge in [-0.1, -0.05) is 60.1 Å². The molecule has 2 N–H and O–H groups in total. The summed E-state index contributed by atoms with van der Waals surface area (Å²) in [5.74, 6) is 0.812. The van der Waals surface area contributed by atoms with Crippen molar-refractivity contribution in [3.63, 3.8) is 0 Å². The Bertz CT molecular complexity index is 1150. The minimum Gasteiger partial charge on any atom is -0.350 e. The highest BCUT2D eigenvalue weighted by Gasteiger charge is 2.14. The largest absolute Gasteiger partial charge is 0.350 e. The predicted octanol–water partition coefficient (Wildman–Crippen LogP) is 3.58. The SMILES string of the molecule is Cc1nc2nc(NCc3ccccc3Cl)[nH]n2c(=O)c1Cc1ccccc1. The Kier molecular flexibility index (Phi) is 4.64. The summed E-state index contributed by atoms with van der Waals surface area (Å²) in [4.78, 5) is 21.7. The zero-order chi connectivity index (χ0) is 18.8. The molecule has 0 saturated carbocycles. The average molecular weight is 380 g/mol. The number of nitrogens with one attached hydrogen (secondary N) is 2. The van der Waals surface area contributed by atoms with E-state index in [0.717, 1.165) is 11.1 Å². The molecule has 0 aliphatic rings. The summed E-state index contributed by atoms with van der Waals surface area (Å²) in [6, 6.07) is 17.4. The average Bonchev–Trinajstić information content (AvgIpc) is 3.08. The Hall–Kier alpha value is -3.12. The number of aryl methyl sites for hydroxylation is 1. The van der Waals surface area contributed by atoms with E-state index in [1.165, 1.54) is 4.52 Å². The van der Waals surface area contributed by atoms with Crippen LogP contribution in [0.15, 0.2) is 59.4 Å². The predicted molar refractivity (Wildman–Crippen MR) is 106 cm³/mol. The number of halogens is 1. The minimum atomic E-state index is -0.139. The third kappa shape index (κ3) is 3.57. The Morgan fingerprint density at radius 2 is 1.81 bits per heavy atom. The molecule has 0 bridgehead atoms. The van der Waals surface area contributed by atoms with E-state index in [1.54, 1.807) is 0 Å². The van der Waals surface area contributed by atoms with Gasteiger partial charge in [0.25, 0.3) is 11.3 Å². The van der Waals surface area contributed by atoms with Gasteiger partial charge in [0.15, 0.2) is 0 Å². The molecule has 0 saturated heterocycles. The van der Waals surface area contributed by atoms with E-state index in [0.29, 0.717) is 41.0 Å². The number of hydrogen-bond acceptors (Lipinski definition) is 4. The smallest absolute Gasteiger partial charge is 0.277 e. The number of aromatic nitrogens is 4. The van der Waals surface area contributed by atoms with Crippen LogP contribution in [0.2, 0.25) is 5.02 Å². The number of anilines is 1. The maximum Gasteiger partial charge on any atom is 0.277 e. The molecular weight excluding hydrogens is 362 g/mol. The maximum absolute atomic E-state index is 12.9.